The summed E-state index contributed by atoms with van der Waals surface area (Å²) in [5.41, 5.74) is 2.18. The van der Waals surface area contributed by atoms with E-state index in [4.69, 9.17) is 4.98 Å². The molecule has 4 heteroatoms. The van der Waals surface area contributed by atoms with Crippen molar-refractivity contribution in [2.45, 2.75) is 26.3 Å². The molecule has 2 aromatic heterocycles. The van der Waals surface area contributed by atoms with Crippen molar-refractivity contribution in [3.05, 3.63) is 35.0 Å². The predicted octanol–water partition coefficient (Wildman–Crippen LogP) is 2.88. The van der Waals surface area contributed by atoms with Crippen molar-refractivity contribution < 1.29 is 0 Å². The molecule has 0 amide bonds. The van der Waals surface area contributed by atoms with Crippen molar-refractivity contribution in [2.24, 2.45) is 0 Å². The highest BCUT2D eigenvalue weighted by molar-refractivity contribution is 7.15. The first kappa shape index (κ1) is 12.2. The Kier molecular flexibility index (Phi) is 4.23. The molecule has 0 bridgehead atoms. The average Bonchev–Trinajstić information content (AvgIpc) is 2.75. The number of aryl methyl sites for hydroxylation is 1. The molecule has 0 aliphatic rings. The van der Waals surface area contributed by atoms with Crippen molar-refractivity contribution in [3.63, 3.8) is 0 Å². The molecular weight excluding hydrogens is 230 g/mol. The minimum Gasteiger partial charge on any atom is -0.315 e. The number of aromatic nitrogens is 2. The molecule has 2 heterocycles. The van der Waals surface area contributed by atoms with E-state index in [1.165, 1.54) is 10.6 Å². The van der Waals surface area contributed by atoms with Gasteiger partial charge in [0.2, 0.25) is 0 Å². The molecule has 0 unspecified atom stereocenters. The van der Waals surface area contributed by atoms with Crippen molar-refractivity contribution in [2.75, 3.05) is 7.05 Å². The Bertz CT molecular complexity index is 441. The summed E-state index contributed by atoms with van der Waals surface area (Å²) in [5.74, 6) is 0. The van der Waals surface area contributed by atoms with Crippen LogP contribution in [0.25, 0.3) is 10.7 Å². The van der Waals surface area contributed by atoms with Crippen molar-refractivity contribution in [3.8, 4) is 10.7 Å². The van der Waals surface area contributed by atoms with Gasteiger partial charge in [-0.25, -0.2) is 4.98 Å². The van der Waals surface area contributed by atoms with Crippen LogP contribution in [0.4, 0.5) is 0 Å². The second-order valence-corrected chi connectivity index (χ2v) is 4.97. The van der Waals surface area contributed by atoms with Crippen LogP contribution in [0.1, 0.15) is 23.9 Å². The lowest BCUT2D eigenvalue weighted by Crippen LogP contribution is -2.05. The molecule has 17 heavy (non-hydrogen) atoms. The smallest absolute Gasteiger partial charge is 0.142 e. The van der Waals surface area contributed by atoms with Crippen LogP contribution in [0.5, 0.6) is 0 Å². The fourth-order valence-electron chi connectivity index (χ4n) is 1.71. The van der Waals surface area contributed by atoms with E-state index in [1.807, 2.05) is 31.4 Å². The number of thiazole rings is 1. The first-order valence-corrected chi connectivity index (χ1v) is 6.71. The van der Waals surface area contributed by atoms with E-state index in [9.17, 15) is 0 Å². The lowest BCUT2D eigenvalue weighted by Gasteiger charge is -1.98. The topological polar surface area (TPSA) is 37.8 Å². The molecule has 0 atom stereocenters. The van der Waals surface area contributed by atoms with E-state index in [0.29, 0.717) is 0 Å². The molecule has 3 nitrogen and oxygen atoms in total. The average molecular weight is 247 g/mol. The largest absolute Gasteiger partial charge is 0.315 e. The Balaban J connectivity index is 2.33. The molecule has 0 saturated carbocycles. The normalized spacial score (nSPS) is 10.7. The van der Waals surface area contributed by atoms with Crippen LogP contribution in [0.2, 0.25) is 0 Å². The van der Waals surface area contributed by atoms with Gasteiger partial charge < -0.3 is 5.32 Å². The van der Waals surface area contributed by atoms with E-state index < -0.39 is 0 Å². The summed E-state index contributed by atoms with van der Waals surface area (Å²) in [6.45, 7) is 3.07. The number of rotatable bonds is 5. The monoisotopic (exact) mass is 247 g/mol. The van der Waals surface area contributed by atoms with E-state index in [-0.39, 0.29) is 0 Å². The SMILES string of the molecule is CCCc1nc(-c2ccccn2)sc1CNC. The van der Waals surface area contributed by atoms with Gasteiger partial charge in [0.05, 0.1) is 11.4 Å². The van der Waals surface area contributed by atoms with E-state index >= 15 is 0 Å². The lowest BCUT2D eigenvalue weighted by atomic mass is 10.2. The van der Waals surface area contributed by atoms with Gasteiger partial charge in [-0.1, -0.05) is 19.4 Å². The van der Waals surface area contributed by atoms with E-state index in [2.05, 4.69) is 17.2 Å². The zero-order valence-corrected chi connectivity index (χ0v) is 11.0. The van der Waals surface area contributed by atoms with Gasteiger partial charge in [-0.15, -0.1) is 11.3 Å². The van der Waals surface area contributed by atoms with Crippen LogP contribution >= 0.6 is 11.3 Å². The van der Waals surface area contributed by atoms with Gasteiger partial charge in [0, 0.05) is 17.6 Å². The van der Waals surface area contributed by atoms with Crippen LogP contribution in [0.15, 0.2) is 24.4 Å². The van der Waals surface area contributed by atoms with Gasteiger partial charge in [-0.2, -0.15) is 0 Å². The van der Waals surface area contributed by atoms with Crippen LogP contribution in [-0.4, -0.2) is 17.0 Å². The second kappa shape index (κ2) is 5.89. The highest BCUT2D eigenvalue weighted by atomic mass is 32.1. The highest BCUT2D eigenvalue weighted by Gasteiger charge is 2.11. The standard InChI is InChI=1S/C13H17N3S/c1-3-6-10-12(9-14-2)17-13(16-10)11-7-4-5-8-15-11/h4-5,7-8,14H,3,6,9H2,1-2H3. The molecular formula is C13H17N3S. The molecule has 2 aromatic rings. The fraction of sp³-hybridized carbons (Fsp3) is 0.385. The van der Waals surface area contributed by atoms with E-state index in [1.54, 1.807) is 11.3 Å². The maximum atomic E-state index is 4.70. The Morgan fingerprint density at radius 2 is 2.24 bits per heavy atom. The predicted molar refractivity (Wildman–Crippen MR) is 72.1 cm³/mol. The third-order valence-electron chi connectivity index (χ3n) is 2.49. The van der Waals surface area contributed by atoms with Gasteiger partial charge in [-0.3, -0.25) is 4.98 Å². The Morgan fingerprint density at radius 1 is 1.35 bits per heavy atom. The molecule has 0 fully saturated rings. The van der Waals surface area contributed by atoms with Gasteiger partial charge >= 0.3 is 0 Å². The summed E-state index contributed by atoms with van der Waals surface area (Å²) in [4.78, 5) is 10.4. The maximum absolute atomic E-state index is 4.70. The van der Waals surface area contributed by atoms with Crippen molar-refractivity contribution in [1.29, 1.82) is 0 Å². The zero-order chi connectivity index (χ0) is 12.1. The molecule has 0 saturated heterocycles. The summed E-state index contributed by atoms with van der Waals surface area (Å²) < 4.78 is 0. The van der Waals surface area contributed by atoms with Gasteiger partial charge in [0.15, 0.2) is 0 Å². The lowest BCUT2D eigenvalue weighted by molar-refractivity contribution is 0.798. The molecule has 0 aliphatic carbocycles. The summed E-state index contributed by atoms with van der Waals surface area (Å²) >= 11 is 1.74. The Morgan fingerprint density at radius 3 is 2.88 bits per heavy atom. The number of hydrogen-bond donors (Lipinski definition) is 1. The van der Waals surface area contributed by atoms with Gasteiger partial charge in [0.1, 0.15) is 5.01 Å². The Hall–Kier alpha value is -1.26. The molecule has 0 aliphatic heterocycles. The minimum atomic E-state index is 0.889. The molecule has 0 radical (unpaired) electrons. The quantitative estimate of drug-likeness (QED) is 0.883. The first-order valence-electron chi connectivity index (χ1n) is 5.89. The number of nitrogens with zero attached hydrogens (tertiary/aromatic N) is 2. The molecule has 0 spiro atoms. The van der Waals surface area contributed by atoms with Crippen LogP contribution in [0, 0.1) is 0 Å². The third kappa shape index (κ3) is 2.90. The van der Waals surface area contributed by atoms with Crippen LogP contribution < -0.4 is 5.32 Å². The first-order chi connectivity index (χ1) is 8.35. The molecule has 1 N–H and O–H groups in total. The summed E-state index contributed by atoms with van der Waals surface area (Å²) in [6, 6.07) is 5.94. The van der Waals surface area contributed by atoms with E-state index in [0.717, 1.165) is 30.1 Å². The van der Waals surface area contributed by atoms with Gasteiger partial charge in [-0.05, 0) is 25.6 Å². The Labute approximate surface area is 106 Å². The number of nitrogens with one attached hydrogen (secondary N) is 1. The van der Waals surface area contributed by atoms with Crippen LogP contribution in [0.3, 0.4) is 0 Å². The molecule has 90 valence electrons. The summed E-state index contributed by atoms with van der Waals surface area (Å²) in [6.07, 6.45) is 3.98. The van der Waals surface area contributed by atoms with Crippen LogP contribution in [-0.2, 0) is 13.0 Å². The number of hydrogen-bond acceptors (Lipinski definition) is 4. The maximum Gasteiger partial charge on any atom is 0.142 e. The zero-order valence-electron chi connectivity index (χ0n) is 10.2. The van der Waals surface area contributed by atoms with Crippen molar-refractivity contribution in [1.82, 2.24) is 15.3 Å². The molecule has 0 aromatic carbocycles. The third-order valence-corrected chi connectivity index (χ3v) is 3.61. The summed E-state index contributed by atoms with van der Waals surface area (Å²) in [5, 5.41) is 4.22. The van der Waals surface area contributed by atoms with Gasteiger partial charge in [0.25, 0.3) is 0 Å². The fourth-order valence-corrected chi connectivity index (χ4v) is 2.81. The number of pyridine rings is 1. The highest BCUT2D eigenvalue weighted by Crippen LogP contribution is 2.27. The second-order valence-electron chi connectivity index (χ2n) is 3.88. The minimum absolute atomic E-state index is 0.889. The summed E-state index contributed by atoms with van der Waals surface area (Å²) in [7, 11) is 1.97. The molecule has 2 rings (SSSR count). The van der Waals surface area contributed by atoms with Crippen molar-refractivity contribution >= 4 is 11.3 Å².